The summed E-state index contributed by atoms with van der Waals surface area (Å²) in [6.45, 7) is 8.99. The molecule has 0 atom stereocenters. The van der Waals surface area contributed by atoms with Gasteiger partial charge in [-0.15, -0.1) is 23.1 Å². The van der Waals surface area contributed by atoms with Crippen LogP contribution in [-0.4, -0.2) is 44.0 Å². The Morgan fingerprint density at radius 2 is 2.29 bits per heavy atom. The van der Waals surface area contributed by atoms with Crippen LogP contribution in [0.5, 0.6) is 0 Å². The van der Waals surface area contributed by atoms with E-state index in [0.717, 1.165) is 23.0 Å². The Labute approximate surface area is 134 Å². The Bertz CT molecular complexity index is 529. The number of thioether (sulfide) groups is 1. The number of hydrogen-bond donors (Lipinski definition) is 2. The maximum absolute atomic E-state index is 12.1. The molecule has 0 spiro atoms. The highest BCUT2D eigenvalue weighted by Gasteiger charge is 2.31. The van der Waals surface area contributed by atoms with Crippen LogP contribution < -0.4 is 16.0 Å². The van der Waals surface area contributed by atoms with E-state index in [1.54, 1.807) is 11.8 Å². The molecule has 2 rings (SSSR count). The number of nitrogens with zero attached hydrogens (tertiary/aromatic N) is 1. The zero-order valence-corrected chi connectivity index (χ0v) is 14.6. The number of amides is 1. The Morgan fingerprint density at radius 3 is 2.86 bits per heavy atom. The lowest BCUT2D eigenvalue weighted by atomic mass is 10.1. The topological polar surface area (TPSA) is 67.6 Å². The first-order valence-electron chi connectivity index (χ1n) is 7.03. The summed E-state index contributed by atoms with van der Waals surface area (Å²) < 4.78 is 5.76. The van der Waals surface area contributed by atoms with Crippen LogP contribution >= 0.6 is 23.1 Å². The van der Waals surface area contributed by atoms with Gasteiger partial charge in [-0.1, -0.05) is 0 Å². The van der Waals surface area contributed by atoms with Gasteiger partial charge in [0, 0.05) is 19.6 Å². The predicted molar refractivity (Wildman–Crippen MR) is 90.8 cm³/mol. The average Bonchev–Trinajstić information content (AvgIpc) is 2.75. The molecule has 21 heavy (non-hydrogen) atoms. The summed E-state index contributed by atoms with van der Waals surface area (Å²) in [5, 5.41) is 3.91. The third-order valence-corrected chi connectivity index (χ3v) is 5.56. The summed E-state index contributed by atoms with van der Waals surface area (Å²) in [7, 11) is 0. The number of morpholine rings is 1. The highest BCUT2D eigenvalue weighted by atomic mass is 32.2. The van der Waals surface area contributed by atoms with Crippen molar-refractivity contribution in [2.75, 3.05) is 43.1 Å². The van der Waals surface area contributed by atoms with Crippen molar-refractivity contribution in [2.45, 2.75) is 31.3 Å². The largest absolute Gasteiger partial charge is 0.396 e. The number of hydrogen-bond acceptors (Lipinski definition) is 6. The van der Waals surface area contributed by atoms with Gasteiger partial charge >= 0.3 is 0 Å². The molecule has 0 bridgehead atoms. The van der Waals surface area contributed by atoms with Crippen molar-refractivity contribution < 1.29 is 9.53 Å². The molecule has 118 valence electrons. The highest BCUT2D eigenvalue weighted by molar-refractivity contribution is 7.99. The molecule has 1 saturated heterocycles. The maximum atomic E-state index is 12.1. The van der Waals surface area contributed by atoms with Crippen LogP contribution in [0.15, 0.2) is 4.90 Å². The molecule has 1 amide bonds. The van der Waals surface area contributed by atoms with E-state index < -0.39 is 0 Å². The normalized spacial score (nSPS) is 17.8. The molecular formula is C14H23N3O2S2. The zero-order valence-electron chi connectivity index (χ0n) is 13.0. The van der Waals surface area contributed by atoms with Crippen LogP contribution in [0.4, 0.5) is 10.7 Å². The van der Waals surface area contributed by atoms with Gasteiger partial charge in [0.15, 0.2) is 0 Å². The molecule has 0 unspecified atom stereocenters. The van der Waals surface area contributed by atoms with Crippen molar-refractivity contribution in [2.24, 2.45) is 0 Å². The molecule has 1 aliphatic rings. The van der Waals surface area contributed by atoms with Gasteiger partial charge in [-0.25, -0.2) is 0 Å². The van der Waals surface area contributed by atoms with Gasteiger partial charge in [-0.3, -0.25) is 4.79 Å². The fourth-order valence-electron chi connectivity index (χ4n) is 2.42. The minimum absolute atomic E-state index is 0.0888. The third-order valence-electron chi connectivity index (χ3n) is 3.34. The van der Waals surface area contributed by atoms with E-state index in [2.05, 4.69) is 24.1 Å². The quantitative estimate of drug-likeness (QED) is 0.830. The minimum Gasteiger partial charge on any atom is -0.396 e. The molecule has 1 aromatic heterocycles. The van der Waals surface area contributed by atoms with Crippen molar-refractivity contribution in [1.82, 2.24) is 5.32 Å². The number of nitrogen functional groups attached to an aromatic ring is 1. The third kappa shape index (κ3) is 3.46. The van der Waals surface area contributed by atoms with Gasteiger partial charge < -0.3 is 20.7 Å². The summed E-state index contributed by atoms with van der Waals surface area (Å²) in [6.07, 6.45) is 2.00. The van der Waals surface area contributed by atoms with Crippen LogP contribution in [0.25, 0.3) is 0 Å². The number of rotatable bonds is 4. The number of carbonyl (C=O) groups is 1. The maximum Gasteiger partial charge on any atom is 0.263 e. The predicted octanol–water partition coefficient (Wildman–Crippen LogP) is 2.42. The Hall–Kier alpha value is -0.920. The fourth-order valence-corrected chi connectivity index (χ4v) is 4.54. The lowest BCUT2D eigenvalue weighted by molar-refractivity contribution is -0.0276. The SMILES string of the molecule is CCNC(=O)c1sc(N2CCOC(C)(C)C2)c(SC)c1N. The Morgan fingerprint density at radius 1 is 1.57 bits per heavy atom. The molecule has 0 aromatic carbocycles. The van der Waals surface area contributed by atoms with Gasteiger partial charge in [0.2, 0.25) is 0 Å². The van der Waals surface area contributed by atoms with E-state index in [4.69, 9.17) is 10.5 Å². The van der Waals surface area contributed by atoms with Crippen molar-refractivity contribution in [3.8, 4) is 0 Å². The van der Waals surface area contributed by atoms with E-state index in [9.17, 15) is 4.79 Å². The monoisotopic (exact) mass is 329 g/mol. The van der Waals surface area contributed by atoms with Gasteiger partial charge in [-0.2, -0.15) is 0 Å². The molecule has 5 nitrogen and oxygen atoms in total. The van der Waals surface area contributed by atoms with E-state index in [1.807, 2.05) is 13.2 Å². The fraction of sp³-hybridized carbons (Fsp3) is 0.643. The van der Waals surface area contributed by atoms with Crippen LogP contribution in [-0.2, 0) is 4.74 Å². The second-order valence-electron chi connectivity index (χ2n) is 5.57. The van der Waals surface area contributed by atoms with E-state index >= 15 is 0 Å². The van der Waals surface area contributed by atoms with Crippen LogP contribution in [0.1, 0.15) is 30.4 Å². The zero-order chi connectivity index (χ0) is 15.6. The van der Waals surface area contributed by atoms with Crippen LogP contribution in [0.3, 0.4) is 0 Å². The van der Waals surface area contributed by atoms with Crippen molar-refractivity contribution in [1.29, 1.82) is 0 Å². The Kier molecular flexibility index (Phi) is 5.06. The first-order valence-corrected chi connectivity index (χ1v) is 9.07. The lowest BCUT2D eigenvalue weighted by Gasteiger charge is -2.39. The molecule has 2 heterocycles. The standard InChI is InChI=1S/C14H23N3O2S2/c1-5-16-12(18)10-9(15)11(20-4)13(21-10)17-6-7-19-14(2,3)8-17/h5-8,15H2,1-4H3,(H,16,18). The van der Waals surface area contributed by atoms with Crippen LogP contribution in [0, 0.1) is 0 Å². The molecule has 0 radical (unpaired) electrons. The van der Waals surface area contributed by atoms with Gasteiger partial charge in [0.25, 0.3) is 5.91 Å². The first-order chi connectivity index (χ1) is 9.89. The summed E-state index contributed by atoms with van der Waals surface area (Å²) >= 11 is 3.07. The highest BCUT2D eigenvalue weighted by Crippen LogP contribution is 2.44. The summed E-state index contributed by atoms with van der Waals surface area (Å²) in [5.41, 5.74) is 6.60. The minimum atomic E-state index is -0.182. The Balaban J connectivity index is 2.35. The van der Waals surface area contributed by atoms with Crippen molar-refractivity contribution >= 4 is 39.7 Å². The summed E-state index contributed by atoms with van der Waals surface area (Å²) in [6, 6.07) is 0. The van der Waals surface area contributed by atoms with Crippen LogP contribution in [0.2, 0.25) is 0 Å². The number of thiophene rings is 1. The van der Waals surface area contributed by atoms with E-state index in [1.165, 1.54) is 11.3 Å². The summed E-state index contributed by atoms with van der Waals surface area (Å²) in [4.78, 5) is 16.0. The molecule has 1 aliphatic heterocycles. The van der Waals surface area contributed by atoms with Crippen molar-refractivity contribution in [3.05, 3.63) is 4.88 Å². The number of carbonyl (C=O) groups excluding carboxylic acids is 1. The first kappa shape index (κ1) is 16.5. The van der Waals surface area contributed by atoms with Crippen molar-refractivity contribution in [3.63, 3.8) is 0 Å². The number of nitrogens with one attached hydrogen (secondary N) is 1. The lowest BCUT2D eigenvalue weighted by Crippen LogP contribution is -2.48. The number of anilines is 2. The van der Waals surface area contributed by atoms with Gasteiger partial charge in [0.05, 0.1) is 22.8 Å². The molecule has 0 saturated carbocycles. The second kappa shape index (κ2) is 6.46. The molecular weight excluding hydrogens is 306 g/mol. The average molecular weight is 329 g/mol. The molecule has 3 N–H and O–H groups in total. The number of nitrogens with two attached hydrogens (primary N) is 1. The molecule has 1 aromatic rings. The van der Waals surface area contributed by atoms with Gasteiger partial charge in [0.1, 0.15) is 9.88 Å². The van der Waals surface area contributed by atoms with Gasteiger partial charge in [-0.05, 0) is 27.0 Å². The molecule has 0 aliphatic carbocycles. The smallest absolute Gasteiger partial charge is 0.263 e. The van der Waals surface area contributed by atoms with E-state index in [-0.39, 0.29) is 11.5 Å². The summed E-state index contributed by atoms with van der Waals surface area (Å²) in [5.74, 6) is -0.0888. The second-order valence-corrected chi connectivity index (χ2v) is 7.39. The number of ether oxygens (including phenoxy) is 1. The van der Waals surface area contributed by atoms with E-state index in [0.29, 0.717) is 23.7 Å². The molecule has 1 fully saturated rings. The molecule has 7 heteroatoms.